The van der Waals surface area contributed by atoms with E-state index in [0.29, 0.717) is 11.5 Å². The van der Waals surface area contributed by atoms with Crippen molar-refractivity contribution >= 4 is 17.5 Å². The van der Waals surface area contributed by atoms with E-state index < -0.39 is 0 Å². The van der Waals surface area contributed by atoms with Crippen LogP contribution in [0.25, 0.3) is 5.78 Å². The number of aryl methyl sites for hydroxylation is 1. The minimum atomic E-state index is -0.101. The molecule has 1 N–H and O–H groups in total. The van der Waals surface area contributed by atoms with E-state index in [9.17, 15) is 0 Å². The highest BCUT2D eigenvalue weighted by atomic mass is 32.2. The fraction of sp³-hybridized carbons (Fsp3) is 0.462. The summed E-state index contributed by atoms with van der Waals surface area (Å²) < 4.78 is 1.77. The van der Waals surface area contributed by atoms with Gasteiger partial charge in [-0.3, -0.25) is 0 Å². The van der Waals surface area contributed by atoms with Crippen LogP contribution in [0.4, 0.5) is 0 Å². The first-order valence-corrected chi connectivity index (χ1v) is 7.15. The van der Waals surface area contributed by atoms with Gasteiger partial charge in [0.2, 0.25) is 0 Å². The molecule has 0 aromatic carbocycles. The van der Waals surface area contributed by atoms with Crippen LogP contribution in [0.2, 0.25) is 0 Å². The molecule has 2 aromatic rings. The zero-order valence-electron chi connectivity index (χ0n) is 11.1. The summed E-state index contributed by atoms with van der Waals surface area (Å²) in [5.74, 6) is 6.80. The molecule has 0 saturated heterocycles. The third kappa shape index (κ3) is 3.06. The maximum absolute atomic E-state index is 8.66. The normalized spacial score (nSPS) is 10.5. The van der Waals surface area contributed by atoms with E-state index in [2.05, 4.69) is 33.8 Å². The molecule has 6 heteroatoms. The Hall–Kier alpha value is -1.58. The Morgan fingerprint density at radius 1 is 1.42 bits per heavy atom. The Bertz CT molecular complexity index is 627. The van der Waals surface area contributed by atoms with Crippen molar-refractivity contribution in [3.05, 3.63) is 17.6 Å². The van der Waals surface area contributed by atoms with Crippen LogP contribution in [0.5, 0.6) is 0 Å². The maximum Gasteiger partial charge on any atom is 0.253 e. The molecule has 100 valence electrons. The monoisotopic (exact) mass is 276 g/mol. The second-order valence-corrected chi connectivity index (χ2v) is 4.97. The third-order valence-electron chi connectivity index (χ3n) is 2.67. The molecular weight excluding hydrogens is 260 g/mol. The highest BCUT2D eigenvalue weighted by Gasteiger charge is 2.13. The van der Waals surface area contributed by atoms with Crippen molar-refractivity contribution in [3.8, 4) is 11.8 Å². The maximum atomic E-state index is 8.66. The van der Waals surface area contributed by atoms with E-state index in [1.807, 2.05) is 6.92 Å². The zero-order chi connectivity index (χ0) is 13.7. The molecule has 0 atom stereocenters. The number of hydrogen-bond donors (Lipinski definition) is 1. The Labute approximate surface area is 116 Å². The van der Waals surface area contributed by atoms with E-state index in [0.717, 1.165) is 23.6 Å². The molecule has 0 aliphatic heterocycles. The number of nitrogens with zero attached hydrogens (tertiary/aromatic N) is 4. The molecule has 5 nitrogen and oxygen atoms in total. The van der Waals surface area contributed by atoms with Gasteiger partial charge >= 0.3 is 0 Å². The lowest BCUT2D eigenvalue weighted by Crippen LogP contribution is -2.05. The number of aliphatic hydroxyl groups excluding tert-OH is 1. The molecule has 0 unspecified atom stereocenters. The number of rotatable bonds is 4. The highest BCUT2D eigenvalue weighted by molar-refractivity contribution is 7.99. The van der Waals surface area contributed by atoms with Gasteiger partial charge in [0.1, 0.15) is 18.0 Å². The van der Waals surface area contributed by atoms with Crippen molar-refractivity contribution in [1.82, 2.24) is 19.6 Å². The predicted molar refractivity (Wildman–Crippen MR) is 75.1 cm³/mol. The van der Waals surface area contributed by atoms with Crippen LogP contribution >= 0.6 is 11.8 Å². The van der Waals surface area contributed by atoms with Gasteiger partial charge in [-0.05, 0) is 13.3 Å². The van der Waals surface area contributed by atoms with Gasteiger partial charge in [-0.15, -0.1) is 0 Å². The molecule has 2 aromatic heterocycles. The topological polar surface area (TPSA) is 63.3 Å². The van der Waals surface area contributed by atoms with E-state index >= 15 is 0 Å². The van der Waals surface area contributed by atoms with Crippen LogP contribution in [-0.2, 0) is 6.42 Å². The van der Waals surface area contributed by atoms with Gasteiger partial charge in [0.05, 0.1) is 5.75 Å². The lowest BCUT2D eigenvalue weighted by Gasteiger charge is -2.11. The van der Waals surface area contributed by atoms with Crippen molar-refractivity contribution in [2.45, 2.75) is 31.7 Å². The average molecular weight is 276 g/mol. The lowest BCUT2D eigenvalue weighted by atomic mass is 10.1. The second-order valence-electron chi connectivity index (χ2n) is 4.00. The fourth-order valence-electron chi connectivity index (χ4n) is 1.85. The third-order valence-corrected chi connectivity index (χ3v) is 3.65. The summed E-state index contributed by atoms with van der Waals surface area (Å²) in [6.45, 7) is 4.05. The van der Waals surface area contributed by atoms with E-state index in [4.69, 9.17) is 5.11 Å². The molecule has 0 aliphatic rings. The molecule has 2 rings (SSSR count). The first-order chi connectivity index (χ1) is 9.27. The van der Waals surface area contributed by atoms with Gasteiger partial charge < -0.3 is 5.11 Å². The quantitative estimate of drug-likeness (QED) is 0.520. The van der Waals surface area contributed by atoms with Gasteiger partial charge in [0.25, 0.3) is 5.78 Å². The van der Waals surface area contributed by atoms with Crippen molar-refractivity contribution in [2.75, 3.05) is 12.4 Å². The van der Waals surface area contributed by atoms with Gasteiger partial charge in [0, 0.05) is 11.3 Å². The molecule has 0 saturated carbocycles. The standard InChI is InChI=1S/C13H16N4OS/c1-3-6-11-10(2)16-13-14-9-15-17(13)12(11)19-8-5-4-7-18/h9,18H,3,6-8H2,1-2H3. The van der Waals surface area contributed by atoms with Crippen LogP contribution < -0.4 is 0 Å². The first-order valence-electron chi connectivity index (χ1n) is 6.16. The largest absolute Gasteiger partial charge is 0.384 e. The van der Waals surface area contributed by atoms with Crippen LogP contribution in [-0.4, -0.2) is 37.0 Å². The van der Waals surface area contributed by atoms with E-state index in [-0.39, 0.29) is 6.61 Å². The summed E-state index contributed by atoms with van der Waals surface area (Å²) in [5.41, 5.74) is 2.20. The van der Waals surface area contributed by atoms with E-state index in [1.165, 1.54) is 11.9 Å². The Balaban J connectivity index is 2.40. The molecule has 0 radical (unpaired) electrons. The van der Waals surface area contributed by atoms with Crippen molar-refractivity contribution < 1.29 is 5.11 Å². The van der Waals surface area contributed by atoms with Crippen molar-refractivity contribution in [3.63, 3.8) is 0 Å². The van der Waals surface area contributed by atoms with Gasteiger partial charge in [-0.2, -0.15) is 14.6 Å². The molecule has 19 heavy (non-hydrogen) atoms. The highest BCUT2D eigenvalue weighted by Crippen LogP contribution is 2.25. The summed E-state index contributed by atoms with van der Waals surface area (Å²) in [7, 11) is 0. The predicted octanol–water partition coefficient (Wildman–Crippen LogP) is 1.47. The van der Waals surface area contributed by atoms with Crippen LogP contribution in [0, 0.1) is 18.8 Å². The number of fused-ring (bicyclic) bond motifs is 1. The van der Waals surface area contributed by atoms with Crippen molar-refractivity contribution in [2.24, 2.45) is 0 Å². The van der Waals surface area contributed by atoms with Gasteiger partial charge in [0.15, 0.2) is 0 Å². The van der Waals surface area contributed by atoms with Crippen LogP contribution in [0.3, 0.4) is 0 Å². The summed E-state index contributed by atoms with van der Waals surface area (Å²) in [6, 6.07) is 0. The van der Waals surface area contributed by atoms with Gasteiger partial charge in [-0.1, -0.05) is 36.9 Å². The number of thioether (sulfide) groups is 1. The molecule has 0 spiro atoms. The lowest BCUT2D eigenvalue weighted by molar-refractivity contribution is 0.350. The number of aliphatic hydroxyl groups is 1. The SMILES string of the molecule is CCCc1c(C)nc2ncnn2c1SCC#CCO. The Morgan fingerprint density at radius 2 is 2.26 bits per heavy atom. The molecular formula is C13H16N4OS. The summed E-state index contributed by atoms with van der Waals surface area (Å²) in [5, 5.41) is 13.9. The molecule has 0 aliphatic carbocycles. The molecule has 2 heterocycles. The zero-order valence-corrected chi connectivity index (χ0v) is 11.9. The molecule has 0 amide bonds. The average Bonchev–Trinajstić information content (AvgIpc) is 2.85. The number of aromatic nitrogens is 4. The molecule has 0 bridgehead atoms. The van der Waals surface area contributed by atoms with Crippen molar-refractivity contribution in [1.29, 1.82) is 0 Å². The number of hydrogen-bond acceptors (Lipinski definition) is 5. The minimum absolute atomic E-state index is 0.101. The Kier molecular flexibility index (Phi) is 4.77. The Morgan fingerprint density at radius 3 is 3.00 bits per heavy atom. The first kappa shape index (κ1) is 13.8. The van der Waals surface area contributed by atoms with Crippen LogP contribution in [0.15, 0.2) is 11.4 Å². The summed E-state index contributed by atoms with van der Waals surface area (Å²) in [6.07, 6.45) is 3.53. The van der Waals surface area contributed by atoms with Gasteiger partial charge in [-0.25, -0.2) is 4.98 Å². The summed E-state index contributed by atoms with van der Waals surface area (Å²) >= 11 is 1.61. The van der Waals surface area contributed by atoms with E-state index in [1.54, 1.807) is 16.3 Å². The minimum Gasteiger partial charge on any atom is -0.384 e. The fourth-order valence-corrected chi connectivity index (χ4v) is 2.84. The van der Waals surface area contributed by atoms with Crippen LogP contribution in [0.1, 0.15) is 24.6 Å². The summed E-state index contributed by atoms with van der Waals surface area (Å²) in [4.78, 5) is 8.60. The smallest absolute Gasteiger partial charge is 0.253 e. The molecule has 0 fully saturated rings. The second kappa shape index (κ2) is 6.55.